The Morgan fingerprint density at radius 1 is 1.41 bits per heavy atom. The van der Waals surface area contributed by atoms with Gasteiger partial charge in [0.2, 0.25) is 5.91 Å². The average molecular weight is 304 g/mol. The Morgan fingerprint density at radius 2 is 2.06 bits per heavy atom. The fourth-order valence-electron chi connectivity index (χ4n) is 1.44. The van der Waals surface area contributed by atoms with Gasteiger partial charge in [0.25, 0.3) is 0 Å². The standard InChI is InChI=1S/C11H14BrNO4/c12-8-2-1-6(3-7(8)5-14)11(17)9(15)4-10(13)16/h1-3,9,11,14-15,17H,4-5H2,(H2,13,16). The second-order valence-corrected chi connectivity index (χ2v) is 4.55. The zero-order chi connectivity index (χ0) is 13.0. The van der Waals surface area contributed by atoms with Gasteiger partial charge in [0.15, 0.2) is 0 Å². The predicted octanol–water partition coefficient (Wildman–Crippen LogP) is 0.211. The molecule has 1 rings (SSSR count). The first-order valence-corrected chi connectivity index (χ1v) is 5.78. The second kappa shape index (κ2) is 6.11. The third-order valence-electron chi connectivity index (χ3n) is 2.36. The maximum Gasteiger partial charge on any atom is 0.220 e. The van der Waals surface area contributed by atoms with Gasteiger partial charge in [0.05, 0.1) is 19.1 Å². The van der Waals surface area contributed by atoms with Gasteiger partial charge in [0, 0.05) is 4.47 Å². The molecule has 0 spiro atoms. The lowest BCUT2D eigenvalue weighted by atomic mass is 10.00. The quantitative estimate of drug-likeness (QED) is 0.624. The van der Waals surface area contributed by atoms with Crippen LogP contribution < -0.4 is 5.73 Å². The molecular formula is C11H14BrNO4. The summed E-state index contributed by atoms with van der Waals surface area (Å²) in [6.45, 7) is -0.187. The van der Waals surface area contributed by atoms with E-state index in [1.54, 1.807) is 18.2 Å². The average Bonchev–Trinajstić information content (AvgIpc) is 2.27. The number of nitrogens with two attached hydrogens (primary N) is 1. The van der Waals surface area contributed by atoms with Crippen LogP contribution in [0.25, 0.3) is 0 Å². The van der Waals surface area contributed by atoms with Gasteiger partial charge in [0.1, 0.15) is 6.10 Å². The molecule has 6 heteroatoms. The number of aliphatic hydroxyl groups excluding tert-OH is 3. The van der Waals surface area contributed by atoms with Gasteiger partial charge in [-0.05, 0) is 23.3 Å². The van der Waals surface area contributed by atoms with Gasteiger partial charge in [-0.25, -0.2) is 0 Å². The van der Waals surface area contributed by atoms with Crippen LogP contribution in [0.15, 0.2) is 22.7 Å². The fraction of sp³-hybridized carbons (Fsp3) is 0.364. The summed E-state index contributed by atoms with van der Waals surface area (Å²) < 4.78 is 0.709. The molecule has 0 saturated carbocycles. The zero-order valence-electron chi connectivity index (χ0n) is 9.01. The summed E-state index contributed by atoms with van der Waals surface area (Å²) >= 11 is 3.24. The van der Waals surface area contributed by atoms with E-state index in [4.69, 9.17) is 10.8 Å². The molecule has 17 heavy (non-hydrogen) atoms. The number of benzene rings is 1. The first-order valence-electron chi connectivity index (χ1n) is 4.99. The lowest BCUT2D eigenvalue weighted by Gasteiger charge is -2.17. The second-order valence-electron chi connectivity index (χ2n) is 3.69. The van der Waals surface area contributed by atoms with Gasteiger partial charge in [-0.3, -0.25) is 4.79 Å². The number of hydrogen-bond acceptors (Lipinski definition) is 4. The smallest absolute Gasteiger partial charge is 0.220 e. The number of halogens is 1. The number of hydrogen-bond donors (Lipinski definition) is 4. The number of rotatable bonds is 5. The van der Waals surface area contributed by atoms with E-state index in [0.29, 0.717) is 15.6 Å². The Hall–Kier alpha value is -0.950. The number of carbonyl (C=O) groups is 1. The summed E-state index contributed by atoms with van der Waals surface area (Å²) in [6, 6.07) is 4.80. The minimum absolute atomic E-state index is 0.187. The molecule has 1 aromatic rings. The topological polar surface area (TPSA) is 104 Å². The van der Waals surface area contributed by atoms with Crippen LogP contribution >= 0.6 is 15.9 Å². The van der Waals surface area contributed by atoms with E-state index in [2.05, 4.69) is 15.9 Å². The SMILES string of the molecule is NC(=O)CC(O)C(O)c1ccc(Br)c(CO)c1. The summed E-state index contributed by atoms with van der Waals surface area (Å²) in [4.78, 5) is 10.6. The van der Waals surface area contributed by atoms with Crippen molar-refractivity contribution in [1.29, 1.82) is 0 Å². The molecule has 0 bridgehead atoms. The maximum atomic E-state index is 10.6. The molecule has 5 nitrogen and oxygen atoms in total. The third-order valence-corrected chi connectivity index (χ3v) is 3.13. The Labute approximate surface area is 107 Å². The van der Waals surface area contributed by atoms with E-state index in [1.807, 2.05) is 0 Å². The van der Waals surface area contributed by atoms with Crippen molar-refractivity contribution >= 4 is 21.8 Å². The molecule has 0 radical (unpaired) electrons. The van der Waals surface area contributed by atoms with Gasteiger partial charge >= 0.3 is 0 Å². The number of primary amides is 1. The minimum Gasteiger partial charge on any atom is -0.392 e. The van der Waals surface area contributed by atoms with Gasteiger partial charge in [-0.15, -0.1) is 0 Å². The van der Waals surface area contributed by atoms with Gasteiger partial charge in [-0.1, -0.05) is 22.0 Å². The molecule has 2 atom stereocenters. The maximum absolute atomic E-state index is 10.6. The Morgan fingerprint density at radius 3 is 2.59 bits per heavy atom. The molecule has 0 saturated heterocycles. The summed E-state index contributed by atoms with van der Waals surface area (Å²) in [7, 11) is 0. The molecule has 0 fully saturated rings. The molecule has 94 valence electrons. The normalized spacial score (nSPS) is 14.4. The number of carbonyl (C=O) groups excluding carboxylic acids is 1. The summed E-state index contributed by atoms with van der Waals surface area (Å²) in [5.74, 6) is -0.684. The van der Waals surface area contributed by atoms with E-state index in [1.165, 1.54) is 0 Å². The van der Waals surface area contributed by atoms with Crippen LogP contribution in [-0.4, -0.2) is 27.3 Å². The molecule has 1 aromatic carbocycles. The van der Waals surface area contributed by atoms with Crippen LogP contribution in [0.4, 0.5) is 0 Å². The molecule has 2 unspecified atom stereocenters. The summed E-state index contributed by atoms with van der Waals surface area (Å²) in [5.41, 5.74) is 5.94. The van der Waals surface area contributed by atoms with Crippen molar-refractivity contribution in [1.82, 2.24) is 0 Å². The van der Waals surface area contributed by atoms with Crippen LogP contribution in [0.2, 0.25) is 0 Å². The van der Waals surface area contributed by atoms with Crippen LogP contribution in [0.5, 0.6) is 0 Å². The van der Waals surface area contributed by atoms with Crippen molar-refractivity contribution in [2.24, 2.45) is 5.73 Å². The first-order chi connectivity index (χ1) is 7.95. The Bertz CT molecular complexity index is 410. The monoisotopic (exact) mass is 303 g/mol. The van der Waals surface area contributed by atoms with E-state index < -0.39 is 18.1 Å². The molecule has 0 aliphatic heterocycles. The first kappa shape index (κ1) is 14.1. The molecular weight excluding hydrogens is 290 g/mol. The van der Waals surface area contributed by atoms with E-state index in [9.17, 15) is 15.0 Å². The predicted molar refractivity (Wildman–Crippen MR) is 64.8 cm³/mol. The Kier molecular flexibility index (Phi) is 5.07. The van der Waals surface area contributed by atoms with E-state index in [0.717, 1.165) is 0 Å². The van der Waals surface area contributed by atoms with Gasteiger partial charge < -0.3 is 21.1 Å². The highest BCUT2D eigenvalue weighted by Crippen LogP contribution is 2.24. The van der Waals surface area contributed by atoms with Crippen LogP contribution in [0.1, 0.15) is 23.7 Å². The molecule has 0 heterocycles. The number of aliphatic hydroxyl groups is 3. The fourth-order valence-corrected chi connectivity index (χ4v) is 1.81. The largest absolute Gasteiger partial charge is 0.392 e. The van der Waals surface area contributed by atoms with Crippen molar-refractivity contribution in [2.45, 2.75) is 25.2 Å². The minimum atomic E-state index is -1.25. The van der Waals surface area contributed by atoms with Gasteiger partial charge in [-0.2, -0.15) is 0 Å². The lowest BCUT2D eigenvalue weighted by Crippen LogP contribution is -2.25. The van der Waals surface area contributed by atoms with Crippen LogP contribution in [0, 0.1) is 0 Å². The highest BCUT2D eigenvalue weighted by molar-refractivity contribution is 9.10. The molecule has 0 aliphatic rings. The Balaban J connectivity index is 2.88. The van der Waals surface area contributed by atoms with Crippen molar-refractivity contribution in [3.05, 3.63) is 33.8 Å². The van der Waals surface area contributed by atoms with E-state index >= 15 is 0 Å². The lowest BCUT2D eigenvalue weighted by molar-refractivity contribution is -0.121. The number of amides is 1. The van der Waals surface area contributed by atoms with Crippen molar-refractivity contribution < 1.29 is 20.1 Å². The van der Waals surface area contributed by atoms with Crippen molar-refractivity contribution in [2.75, 3.05) is 0 Å². The van der Waals surface area contributed by atoms with Crippen molar-refractivity contribution in [3.63, 3.8) is 0 Å². The highest BCUT2D eigenvalue weighted by atomic mass is 79.9. The summed E-state index contributed by atoms with van der Waals surface area (Å²) in [6.07, 6.45) is -2.77. The zero-order valence-corrected chi connectivity index (χ0v) is 10.6. The highest BCUT2D eigenvalue weighted by Gasteiger charge is 2.20. The molecule has 0 aromatic heterocycles. The molecule has 1 amide bonds. The summed E-state index contributed by atoms with van der Waals surface area (Å²) in [5, 5.41) is 28.4. The molecule has 5 N–H and O–H groups in total. The van der Waals surface area contributed by atoms with E-state index in [-0.39, 0.29) is 13.0 Å². The third kappa shape index (κ3) is 3.78. The molecule has 0 aliphatic carbocycles. The van der Waals surface area contributed by atoms with Crippen LogP contribution in [-0.2, 0) is 11.4 Å². The van der Waals surface area contributed by atoms with Crippen molar-refractivity contribution in [3.8, 4) is 0 Å². The van der Waals surface area contributed by atoms with Crippen LogP contribution in [0.3, 0.4) is 0 Å².